The quantitative estimate of drug-likeness (QED) is 0.408. The Morgan fingerprint density at radius 1 is 0.769 bits per heavy atom. The van der Waals surface area contributed by atoms with Crippen LogP contribution < -0.4 is 9.47 Å². The molecule has 146 valence electrons. The topological polar surface area (TPSA) is 71.1 Å². The van der Waals surface area contributed by atoms with Gasteiger partial charge in [0.1, 0.15) is 24.7 Å². The van der Waals surface area contributed by atoms with E-state index in [0.29, 0.717) is 24.7 Å². The highest BCUT2D eigenvalue weighted by Crippen LogP contribution is 2.31. The fourth-order valence-corrected chi connectivity index (χ4v) is 2.15. The summed E-state index contributed by atoms with van der Waals surface area (Å²) in [5, 5.41) is 0. The van der Waals surface area contributed by atoms with E-state index < -0.39 is 0 Å². The van der Waals surface area contributed by atoms with Gasteiger partial charge < -0.3 is 18.9 Å². The van der Waals surface area contributed by atoms with Crippen LogP contribution in [-0.4, -0.2) is 25.2 Å². The van der Waals surface area contributed by atoms with Crippen molar-refractivity contribution in [3.63, 3.8) is 0 Å². The molecule has 1 rings (SSSR count). The van der Waals surface area contributed by atoms with Gasteiger partial charge in [0.25, 0.3) is 0 Å². The third-order valence-electron chi connectivity index (χ3n) is 3.62. The third-order valence-corrected chi connectivity index (χ3v) is 3.62. The lowest BCUT2D eigenvalue weighted by atomic mass is 10.1. The Labute approximate surface area is 155 Å². The van der Waals surface area contributed by atoms with Crippen molar-refractivity contribution in [2.75, 3.05) is 13.2 Å². The Morgan fingerprint density at radius 2 is 1.15 bits per heavy atom. The monoisotopic (exact) mass is 366 g/mol. The molecule has 0 amide bonds. The first-order valence-electron chi connectivity index (χ1n) is 9.16. The normalized spacial score (nSPS) is 10.3. The minimum absolute atomic E-state index is 0.106. The van der Waals surface area contributed by atoms with E-state index in [-0.39, 0.29) is 25.2 Å². The zero-order chi connectivity index (χ0) is 19.4. The van der Waals surface area contributed by atoms with Crippen LogP contribution in [-0.2, 0) is 32.3 Å². The summed E-state index contributed by atoms with van der Waals surface area (Å²) in [6.45, 7) is 8.24. The molecule has 0 saturated carbocycles. The molecule has 0 aliphatic carbocycles. The lowest BCUT2D eigenvalue weighted by Gasteiger charge is -2.17. The van der Waals surface area contributed by atoms with E-state index >= 15 is 0 Å². The molecule has 0 N–H and O–H groups in total. The maximum absolute atomic E-state index is 11.2. The number of hydrogen-bond acceptors (Lipinski definition) is 6. The van der Waals surface area contributed by atoms with Crippen LogP contribution >= 0.6 is 0 Å². The van der Waals surface area contributed by atoms with Gasteiger partial charge in [-0.2, -0.15) is 0 Å². The van der Waals surface area contributed by atoms with Gasteiger partial charge >= 0.3 is 11.9 Å². The van der Waals surface area contributed by atoms with Gasteiger partial charge in [0.15, 0.2) is 0 Å². The van der Waals surface area contributed by atoms with Crippen molar-refractivity contribution in [3.8, 4) is 11.5 Å². The molecule has 0 saturated heterocycles. The van der Waals surface area contributed by atoms with Gasteiger partial charge in [-0.25, -0.2) is 0 Å². The first kappa shape index (κ1) is 21.8. The summed E-state index contributed by atoms with van der Waals surface area (Å²) in [6, 6.07) is 3.61. The molecular formula is C20H30O6. The van der Waals surface area contributed by atoms with Crippen molar-refractivity contribution in [2.24, 2.45) is 0 Å². The van der Waals surface area contributed by atoms with Crippen LogP contribution in [0, 0.1) is 0 Å². The van der Waals surface area contributed by atoms with Gasteiger partial charge in [0, 0.05) is 25.0 Å². The number of benzene rings is 1. The molecule has 0 bridgehead atoms. The summed E-state index contributed by atoms with van der Waals surface area (Å²) in [6.07, 6.45) is 3.86. The molecular weight excluding hydrogens is 336 g/mol. The highest BCUT2D eigenvalue weighted by Gasteiger charge is 2.15. The molecule has 0 heterocycles. The number of carbonyl (C=O) groups excluding carboxylic acids is 2. The van der Waals surface area contributed by atoms with E-state index in [1.165, 1.54) is 13.8 Å². The lowest BCUT2D eigenvalue weighted by Crippen LogP contribution is -2.08. The van der Waals surface area contributed by atoms with E-state index in [4.69, 9.17) is 18.9 Å². The number of rotatable bonds is 12. The summed E-state index contributed by atoms with van der Waals surface area (Å²) in [5.41, 5.74) is 1.46. The van der Waals surface area contributed by atoms with Gasteiger partial charge in [-0.15, -0.1) is 0 Å². The minimum atomic E-state index is -0.359. The first-order chi connectivity index (χ1) is 12.5. The van der Waals surface area contributed by atoms with E-state index in [9.17, 15) is 9.59 Å². The Kier molecular flexibility index (Phi) is 10.2. The van der Waals surface area contributed by atoms with Crippen molar-refractivity contribution >= 4 is 11.9 Å². The SMILES string of the molecule is CCCCOc1cc(COC(C)=O)c(OCCCC)cc1COC(C)=O. The summed E-state index contributed by atoms with van der Waals surface area (Å²) in [5.74, 6) is 0.512. The Balaban J connectivity index is 3.09. The molecule has 26 heavy (non-hydrogen) atoms. The van der Waals surface area contributed by atoms with Crippen LogP contribution in [0.1, 0.15) is 64.5 Å². The van der Waals surface area contributed by atoms with Gasteiger partial charge in [0.2, 0.25) is 0 Å². The summed E-state index contributed by atoms with van der Waals surface area (Å²) < 4.78 is 22.0. The summed E-state index contributed by atoms with van der Waals surface area (Å²) >= 11 is 0. The largest absolute Gasteiger partial charge is 0.493 e. The van der Waals surface area contributed by atoms with Crippen LogP contribution in [0.4, 0.5) is 0 Å². The number of ether oxygens (including phenoxy) is 4. The second-order valence-corrected chi connectivity index (χ2v) is 6.03. The van der Waals surface area contributed by atoms with Crippen LogP contribution in [0.2, 0.25) is 0 Å². The Hall–Kier alpha value is -2.24. The lowest BCUT2D eigenvalue weighted by molar-refractivity contribution is -0.143. The van der Waals surface area contributed by atoms with Crippen LogP contribution in [0.25, 0.3) is 0 Å². The number of carbonyl (C=O) groups is 2. The second-order valence-electron chi connectivity index (χ2n) is 6.03. The van der Waals surface area contributed by atoms with E-state index in [1.54, 1.807) is 12.1 Å². The average Bonchev–Trinajstić information content (AvgIpc) is 2.59. The number of hydrogen-bond donors (Lipinski definition) is 0. The smallest absolute Gasteiger partial charge is 0.302 e. The highest BCUT2D eigenvalue weighted by molar-refractivity contribution is 5.66. The maximum Gasteiger partial charge on any atom is 0.302 e. The van der Waals surface area contributed by atoms with Crippen LogP contribution in [0.3, 0.4) is 0 Å². The third kappa shape index (κ3) is 8.23. The maximum atomic E-state index is 11.2. The molecule has 0 fully saturated rings. The number of esters is 2. The van der Waals surface area contributed by atoms with Crippen molar-refractivity contribution < 1.29 is 28.5 Å². The van der Waals surface area contributed by atoms with Gasteiger partial charge in [-0.05, 0) is 25.0 Å². The summed E-state index contributed by atoms with van der Waals surface area (Å²) in [4.78, 5) is 22.4. The molecule has 0 aliphatic heterocycles. The van der Waals surface area contributed by atoms with Crippen LogP contribution in [0.5, 0.6) is 11.5 Å². The van der Waals surface area contributed by atoms with Gasteiger partial charge in [-0.1, -0.05) is 26.7 Å². The second kappa shape index (κ2) is 12.2. The average molecular weight is 366 g/mol. The molecule has 0 atom stereocenters. The van der Waals surface area contributed by atoms with Crippen molar-refractivity contribution in [2.45, 2.75) is 66.6 Å². The van der Waals surface area contributed by atoms with E-state index in [2.05, 4.69) is 13.8 Å². The predicted molar refractivity (Wildman–Crippen MR) is 98.2 cm³/mol. The predicted octanol–water partition coefficient (Wildman–Crippen LogP) is 4.17. The molecule has 6 nitrogen and oxygen atoms in total. The molecule has 1 aromatic rings. The molecule has 0 aliphatic rings. The fourth-order valence-electron chi connectivity index (χ4n) is 2.15. The molecule has 0 unspecified atom stereocenters. The fraction of sp³-hybridized carbons (Fsp3) is 0.600. The molecule has 6 heteroatoms. The minimum Gasteiger partial charge on any atom is -0.493 e. The van der Waals surface area contributed by atoms with Gasteiger partial charge in [-0.3, -0.25) is 9.59 Å². The zero-order valence-corrected chi connectivity index (χ0v) is 16.3. The highest BCUT2D eigenvalue weighted by atomic mass is 16.5. The van der Waals surface area contributed by atoms with Crippen molar-refractivity contribution in [1.29, 1.82) is 0 Å². The van der Waals surface area contributed by atoms with Crippen molar-refractivity contribution in [3.05, 3.63) is 23.3 Å². The van der Waals surface area contributed by atoms with Crippen molar-refractivity contribution in [1.82, 2.24) is 0 Å². The summed E-state index contributed by atoms with van der Waals surface area (Å²) in [7, 11) is 0. The molecule has 0 aromatic heterocycles. The van der Waals surface area contributed by atoms with Crippen LogP contribution in [0.15, 0.2) is 12.1 Å². The Bertz CT molecular complexity index is 530. The molecule has 0 radical (unpaired) electrons. The first-order valence-corrected chi connectivity index (χ1v) is 9.16. The van der Waals surface area contributed by atoms with Gasteiger partial charge in [0.05, 0.1) is 13.2 Å². The zero-order valence-electron chi connectivity index (χ0n) is 16.3. The van der Waals surface area contributed by atoms with E-state index in [0.717, 1.165) is 36.8 Å². The van der Waals surface area contributed by atoms with E-state index in [1.807, 2.05) is 0 Å². The molecule has 0 spiro atoms. The molecule has 1 aromatic carbocycles. The Morgan fingerprint density at radius 3 is 1.46 bits per heavy atom. The number of unbranched alkanes of at least 4 members (excludes halogenated alkanes) is 2. The standard InChI is InChI=1S/C20H30O6/c1-5-7-9-23-19-11-18(14-26-16(4)22)20(24-10-8-6-2)12-17(19)13-25-15(3)21/h11-12H,5-10,13-14H2,1-4H3.